The van der Waals surface area contributed by atoms with Gasteiger partial charge in [0.25, 0.3) is 0 Å². The molecule has 1 aliphatic rings. The monoisotopic (exact) mass is 222 g/mol. The molecule has 1 aromatic heterocycles. The number of hydrogen-bond donors (Lipinski definition) is 1. The minimum absolute atomic E-state index is 0.397. The molecule has 0 saturated heterocycles. The summed E-state index contributed by atoms with van der Waals surface area (Å²) >= 11 is 0. The quantitative estimate of drug-likeness (QED) is 0.846. The van der Waals surface area contributed by atoms with Gasteiger partial charge < -0.3 is 9.88 Å². The predicted octanol–water partition coefficient (Wildman–Crippen LogP) is 1.92. The van der Waals surface area contributed by atoms with Crippen LogP contribution in [0.2, 0.25) is 0 Å². The van der Waals surface area contributed by atoms with Crippen molar-refractivity contribution in [1.82, 2.24) is 20.1 Å². The van der Waals surface area contributed by atoms with Gasteiger partial charge in [0.2, 0.25) is 0 Å². The van der Waals surface area contributed by atoms with Gasteiger partial charge in [0.1, 0.15) is 11.6 Å². The van der Waals surface area contributed by atoms with E-state index in [1.807, 2.05) is 0 Å². The van der Waals surface area contributed by atoms with Crippen LogP contribution in [0.4, 0.5) is 0 Å². The minimum Gasteiger partial charge on any atom is -0.312 e. The molecule has 16 heavy (non-hydrogen) atoms. The van der Waals surface area contributed by atoms with Gasteiger partial charge in [0.05, 0.1) is 6.04 Å². The normalized spacial score (nSPS) is 20.1. The molecule has 1 N–H and O–H groups in total. The minimum atomic E-state index is 0.397. The van der Waals surface area contributed by atoms with Crippen LogP contribution in [0, 0.1) is 5.92 Å². The Morgan fingerprint density at radius 2 is 2.25 bits per heavy atom. The van der Waals surface area contributed by atoms with Gasteiger partial charge in [-0.3, -0.25) is 0 Å². The van der Waals surface area contributed by atoms with Gasteiger partial charge in [0.15, 0.2) is 0 Å². The molecule has 0 radical (unpaired) electrons. The fourth-order valence-electron chi connectivity index (χ4n) is 2.22. The summed E-state index contributed by atoms with van der Waals surface area (Å²) in [6, 6.07) is 0.397. The fourth-order valence-corrected chi connectivity index (χ4v) is 2.22. The van der Waals surface area contributed by atoms with E-state index in [9.17, 15) is 0 Å². The Kier molecular flexibility index (Phi) is 3.59. The van der Waals surface area contributed by atoms with E-state index in [-0.39, 0.29) is 0 Å². The maximum atomic E-state index is 4.34. The highest BCUT2D eigenvalue weighted by Gasteiger charge is 2.22. The van der Waals surface area contributed by atoms with E-state index in [4.69, 9.17) is 0 Å². The van der Waals surface area contributed by atoms with E-state index in [1.165, 1.54) is 12.2 Å². The summed E-state index contributed by atoms with van der Waals surface area (Å²) in [6.45, 7) is 8.76. The molecule has 0 aromatic carbocycles. The maximum Gasteiger partial charge on any atom is 0.150 e. The number of rotatable bonds is 4. The molecule has 1 aliphatic heterocycles. The van der Waals surface area contributed by atoms with Gasteiger partial charge in [0, 0.05) is 19.5 Å². The van der Waals surface area contributed by atoms with E-state index in [1.54, 1.807) is 0 Å². The molecule has 2 rings (SSSR count). The van der Waals surface area contributed by atoms with Crippen LogP contribution in [-0.2, 0) is 13.0 Å². The summed E-state index contributed by atoms with van der Waals surface area (Å²) in [5.41, 5.74) is 0. The molecule has 1 aromatic rings. The standard InChI is InChI=1S/C12H22N4/c1-4-10-12-15-14-11(6-5-9(2)3)16(12)8-7-13-10/h9-10,13H,4-8H2,1-3H3. The molecular weight excluding hydrogens is 200 g/mol. The van der Waals surface area contributed by atoms with E-state index in [0.717, 1.165) is 37.7 Å². The molecule has 0 saturated carbocycles. The molecule has 0 spiro atoms. The van der Waals surface area contributed by atoms with Crippen molar-refractivity contribution in [2.45, 2.75) is 52.6 Å². The SMILES string of the molecule is CCC1NCCn2c(CCC(C)C)nnc21. The molecule has 4 heteroatoms. The molecule has 90 valence electrons. The summed E-state index contributed by atoms with van der Waals surface area (Å²) in [5, 5.41) is 12.2. The molecule has 0 amide bonds. The van der Waals surface area contributed by atoms with E-state index >= 15 is 0 Å². The van der Waals surface area contributed by atoms with Crippen LogP contribution in [-0.4, -0.2) is 21.3 Å². The Balaban J connectivity index is 2.13. The molecule has 0 bridgehead atoms. The van der Waals surface area contributed by atoms with Crippen LogP contribution in [0.15, 0.2) is 0 Å². The highest BCUT2D eigenvalue weighted by molar-refractivity contribution is 5.04. The Morgan fingerprint density at radius 1 is 1.44 bits per heavy atom. The first-order valence-electron chi connectivity index (χ1n) is 6.37. The lowest BCUT2D eigenvalue weighted by Crippen LogP contribution is -2.34. The van der Waals surface area contributed by atoms with Crippen LogP contribution >= 0.6 is 0 Å². The van der Waals surface area contributed by atoms with Crippen molar-refractivity contribution in [2.24, 2.45) is 5.92 Å². The van der Waals surface area contributed by atoms with Gasteiger partial charge in [-0.2, -0.15) is 0 Å². The largest absolute Gasteiger partial charge is 0.312 e. The first kappa shape index (κ1) is 11.6. The average molecular weight is 222 g/mol. The van der Waals surface area contributed by atoms with Crippen LogP contribution in [0.5, 0.6) is 0 Å². The highest BCUT2D eigenvalue weighted by atomic mass is 15.3. The molecule has 4 nitrogen and oxygen atoms in total. The molecule has 1 atom stereocenters. The third-order valence-corrected chi connectivity index (χ3v) is 3.25. The number of aryl methyl sites for hydroxylation is 1. The lowest BCUT2D eigenvalue weighted by atomic mass is 10.1. The second kappa shape index (κ2) is 4.95. The third-order valence-electron chi connectivity index (χ3n) is 3.25. The molecular formula is C12H22N4. The zero-order valence-corrected chi connectivity index (χ0v) is 10.5. The van der Waals surface area contributed by atoms with Crippen molar-refractivity contribution in [1.29, 1.82) is 0 Å². The molecule has 1 unspecified atom stereocenters. The summed E-state index contributed by atoms with van der Waals surface area (Å²) in [5.74, 6) is 3.03. The number of hydrogen-bond acceptors (Lipinski definition) is 3. The number of nitrogens with zero attached hydrogens (tertiary/aromatic N) is 3. The summed E-state index contributed by atoms with van der Waals surface area (Å²) in [4.78, 5) is 0. The van der Waals surface area contributed by atoms with E-state index in [0.29, 0.717) is 6.04 Å². The number of aromatic nitrogens is 3. The van der Waals surface area contributed by atoms with Gasteiger partial charge in [-0.1, -0.05) is 20.8 Å². The molecule has 0 aliphatic carbocycles. The highest BCUT2D eigenvalue weighted by Crippen LogP contribution is 2.20. The zero-order chi connectivity index (χ0) is 11.5. The predicted molar refractivity (Wildman–Crippen MR) is 64.2 cm³/mol. The molecule has 0 fully saturated rings. The van der Waals surface area contributed by atoms with Crippen LogP contribution in [0.25, 0.3) is 0 Å². The summed E-state index contributed by atoms with van der Waals surface area (Å²) < 4.78 is 2.31. The van der Waals surface area contributed by atoms with Gasteiger partial charge >= 0.3 is 0 Å². The second-order valence-corrected chi connectivity index (χ2v) is 4.97. The van der Waals surface area contributed by atoms with Gasteiger partial charge in [-0.25, -0.2) is 0 Å². The van der Waals surface area contributed by atoms with Crippen molar-refractivity contribution in [3.05, 3.63) is 11.6 Å². The van der Waals surface area contributed by atoms with Crippen LogP contribution < -0.4 is 5.32 Å². The second-order valence-electron chi connectivity index (χ2n) is 4.97. The Hall–Kier alpha value is -0.900. The van der Waals surface area contributed by atoms with Crippen LogP contribution in [0.3, 0.4) is 0 Å². The van der Waals surface area contributed by atoms with Gasteiger partial charge in [-0.05, 0) is 18.8 Å². The van der Waals surface area contributed by atoms with E-state index < -0.39 is 0 Å². The van der Waals surface area contributed by atoms with Gasteiger partial charge in [-0.15, -0.1) is 10.2 Å². The van der Waals surface area contributed by atoms with E-state index in [2.05, 4.69) is 40.9 Å². The number of fused-ring (bicyclic) bond motifs is 1. The van der Waals surface area contributed by atoms with Crippen LogP contribution in [0.1, 0.15) is 51.3 Å². The summed E-state index contributed by atoms with van der Waals surface area (Å²) in [7, 11) is 0. The first-order valence-corrected chi connectivity index (χ1v) is 6.37. The van der Waals surface area contributed by atoms with Crippen molar-refractivity contribution < 1.29 is 0 Å². The summed E-state index contributed by atoms with van der Waals surface area (Å²) in [6.07, 6.45) is 3.34. The van der Waals surface area contributed by atoms with Crippen molar-refractivity contribution in [2.75, 3.05) is 6.54 Å². The molecule has 2 heterocycles. The smallest absolute Gasteiger partial charge is 0.150 e. The first-order chi connectivity index (χ1) is 7.72. The third kappa shape index (κ3) is 2.26. The van der Waals surface area contributed by atoms with Crippen molar-refractivity contribution >= 4 is 0 Å². The zero-order valence-electron chi connectivity index (χ0n) is 10.5. The lowest BCUT2D eigenvalue weighted by Gasteiger charge is -2.24. The number of nitrogens with one attached hydrogen (secondary N) is 1. The van der Waals surface area contributed by atoms with Crippen molar-refractivity contribution in [3.8, 4) is 0 Å². The average Bonchev–Trinajstić information content (AvgIpc) is 2.69. The fraction of sp³-hybridized carbons (Fsp3) is 0.833. The van der Waals surface area contributed by atoms with Crippen molar-refractivity contribution in [3.63, 3.8) is 0 Å². The Morgan fingerprint density at radius 3 is 2.94 bits per heavy atom. The lowest BCUT2D eigenvalue weighted by molar-refractivity contribution is 0.397. The topological polar surface area (TPSA) is 42.7 Å². The Labute approximate surface area is 97.5 Å². The maximum absolute atomic E-state index is 4.34. The Bertz CT molecular complexity index is 343.